The van der Waals surface area contributed by atoms with Crippen molar-refractivity contribution in [2.75, 3.05) is 6.54 Å². The minimum absolute atomic E-state index is 0.185. The lowest BCUT2D eigenvalue weighted by Gasteiger charge is -2.13. The molecule has 0 aliphatic heterocycles. The summed E-state index contributed by atoms with van der Waals surface area (Å²) in [6.45, 7) is 2.36. The summed E-state index contributed by atoms with van der Waals surface area (Å²) in [5, 5.41) is 0. The lowest BCUT2D eigenvalue weighted by atomic mass is 9.99. The number of nitrogens with two attached hydrogens (primary N) is 2. The summed E-state index contributed by atoms with van der Waals surface area (Å²) >= 11 is 0. The van der Waals surface area contributed by atoms with Gasteiger partial charge in [0.05, 0.1) is 0 Å². The summed E-state index contributed by atoms with van der Waals surface area (Å²) in [5.74, 6) is -0.218. The molecule has 2 nitrogen and oxygen atoms in total. The van der Waals surface area contributed by atoms with Gasteiger partial charge >= 0.3 is 0 Å². The lowest BCUT2D eigenvalue weighted by molar-refractivity contribution is 0.621. The molecule has 0 aliphatic rings. The van der Waals surface area contributed by atoms with Crippen LogP contribution in [0, 0.1) is 5.82 Å². The third-order valence-corrected chi connectivity index (χ3v) is 2.14. The van der Waals surface area contributed by atoms with E-state index < -0.39 is 0 Å². The van der Waals surface area contributed by atoms with E-state index in [0.29, 0.717) is 6.54 Å². The summed E-state index contributed by atoms with van der Waals surface area (Å²) in [4.78, 5) is 0. The lowest BCUT2D eigenvalue weighted by Crippen LogP contribution is -2.22. The molecule has 1 atom stereocenters. The standard InChI is InChI=1S/C10H15FN2/c1-2-7-5-8(11)3-4-9(7)10(13)6-12/h3-5,10H,2,6,12-13H2,1H3. The Balaban J connectivity index is 3.05. The molecular weight excluding hydrogens is 167 g/mol. The van der Waals surface area contributed by atoms with Crippen LogP contribution in [-0.2, 0) is 6.42 Å². The maximum atomic E-state index is 12.8. The third kappa shape index (κ3) is 2.26. The van der Waals surface area contributed by atoms with Crippen LogP contribution in [0.4, 0.5) is 4.39 Å². The summed E-state index contributed by atoms with van der Waals surface area (Å²) in [5.41, 5.74) is 13.1. The molecule has 0 heterocycles. The minimum atomic E-state index is -0.218. The highest BCUT2D eigenvalue weighted by Gasteiger charge is 2.08. The zero-order chi connectivity index (χ0) is 9.84. The normalized spacial score (nSPS) is 12.9. The second-order valence-electron chi connectivity index (χ2n) is 3.04. The molecule has 1 aromatic rings. The fourth-order valence-corrected chi connectivity index (χ4v) is 1.37. The highest BCUT2D eigenvalue weighted by molar-refractivity contribution is 5.30. The zero-order valence-electron chi connectivity index (χ0n) is 7.76. The highest BCUT2D eigenvalue weighted by Crippen LogP contribution is 2.17. The van der Waals surface area contributed by atoms with Gasteiger partial charge in [0.1, 0.15) is 5.82 Å². The van der Waals surface area contributed by atoms with E-state index in [9.17, 15) is 4.39 Å². The maximum Gasteiger partial charge on any atom is 0.123 e. The fraction of sp³-hybridized carbons (Fsp3) is 0.400. The number of rotatable bonds is 3. The van der Waals surface area contributed by atoms with E-state index >= 15 is 0 Å². The van der Waals surface area contributed by atoms with Gasteiger partial charge in [0.25, 0.3) is 0 Å². The molecule has 13 heavy (non-hydrogen) atoms. The molecule has 72 valence electrons. The van der Waals surface area contributed by atoms with Gasteiger partial charge in [0.2, 0.25) is 0 Å². The van der Waals surface area contributed by atoms with Gasteiger partial charge in [-0.2, -0.15) is 0 Å². The molecule has 4 N–H and O–H groups in total. The fourth-order valence-electron chi connectivity index (χ4n) is 1.37. The summed E-state index contributed by atoms with van der Waals surface area (Å²) in [6, 6.07) is 4.47. The highest BCUT2D eigenvalue weighted by atomic mass is 19.1. The molecule has 0 aliphatic carbocycles. The van der Waals surface area contributed by atoms with Gasteiger partial charge in [-0.25, -0.2) is 4.39 Å². The Bertz CT molecular complexity index is 286. The number of benzene rings is 1. The largest absolute Gasteiger partial charge is 0.329 e. The predicted molar refractivity (Wildman–Crippen MR) is 51.8 cm³/mol. The molecule has 0 bridgehead atoms. The van der Waals surface area contributed by atoms with Crippen LogP contribution in [-0.4, -0.2) is 6.54 Å². The topological polar surface area (TPSA) is 52.0 Å². The van der Waals surface area contributed by atoms with Crippen molar-refractivity contribution in [2.24, 2.45) is 11.5 Å². The van der Waals surface area contributed by atoms with Gasteiger partial charge in [-0.1, -0.05) is 13.0 Å². The summed E-state index contributed by atoms with van der Waals surface area (Å²) in [6.07, 6.45) is 0.779. The van der Waals surface area contributed by atoms with Crippen molar-refractivity contribution in [2.45, 2.75) is 19.4 Å². The van der Waals surface area contributed by atoms with Crippen LogP contribution in [0.5, 0.6) is 0 Å². The number of halogens is 1. The van der Waals surface area contributed by atoms with Crippen LogP contribution in [0.2, 0.25) is 0 Å². The molecule has 0 saturated carbocycles. The van der Waals surface area contributed by atoms with E-state index in [4.69, 9.17) is 11.5 Å². The molecule has 1 aromatic carbocycles. The molecule has 3 heteroatoms. The van der Waals surface area contributed by atoms with E-state index in [1.54, 1.807) is 6.07 Å². The second-order valence-corrected chi connectivity index (χ2v) is 3.04. The zero-order valence-corrected chi connectivity index (χ0v) is 7.76. The van der Waals surface area contributed by atoms with Crippen molar-refractivity contribution in [1.82, 2.24) is 0 Å². The average molecular weight is 182 g/mol. The van der Waals surface area contributed by atoms with Gasteiger partial charge in [-0.3, -0.25) is 0 Å². The van der Waals surface area contributed by atoms with Gasteiger partial charge in [0, 0.05) is 12.6 Å². The molecule has 0 aromatic heterocycles. The average Bonchev–Trinajstić information content (AvgIpc) is 2.16. The van der Waals surface area contributed by atoms with Crippen LogP contribution in [0.1, 0.15) is 24.1 Å². The van der Waals surface area contributed by atoms with E-state index in [1.807, 2.05) is 6.92 Å². The van der Waals surface area contributed by atoms with E-state index in [1.165, 1.54) is 12.1 Å². The molecule has 1 unspecified atom stereocenters. The van der Waals surface area contributed by atoms with Crippen LogP contribution >= 0.6 is 0 Å². The molecule has 1 rings (SSSR count). The third-order valence-electron chi connectivity index (χ3n) is 2.14. The van der Waals surface area contributed by atoms with E-state index in [2.05, 4.69) is 0 Å². The quantitative estimate of drug-likeness (QED) is 0.741. The Morgan fingerprint density at radius 2 is 2.15 bits per heavy atom. The van der Waals surface area contributed by atoms with Crippen LogP contribution < -0.4 is 11.5 Å². The SMILES string of the molecule is CCc1cc(F)ccc1C(N)CN. The monoisotopic (exact) mass is 182 g/mol. The maximum absolute atomic E-state index is 12.8. The number of hydrogen-bond donors (Lipinski definition) is 2. The molecular formula is C10H15FN2. The first-order valence-electron chi connectivity index (χ1n) is 4.43. The van der Waals surface area contributed by atoms with Gasteiger partial charge in [-0.15, -0.1) is 0 Å². The Kier molecular flexibility index (Phi) is 3.39. The molecule has 0 radical (unpaired) electrons. The van der Waals surface area contributed by atoms with Gasteiger partial charge in [0.15, 0.2) is 0 Å². The van der Waals surface area contributed by atoms with Gasteiger partial charge in [-0.05, 0) is 29.7 Å². The first-order chi connectivity index (χ1) is 6.19. The smallest absolute Gasteiger partial charge is 0.123 e. The summed E-state index contributed by atoms with van der Waals surface area (Å²) < 4.78 is 12.8. The first kappa shape index (κ1) is 10.2. The minimum Gasteiger partial charge on any atom is -0.329 e. The summed E-state index contributed by atoms with van der Waals surface area (Å²) in [7, 11) is 0. The number of hydrogen-bond acceptors (Lipinski definition) is 2. The van der Waals surface area contributed by atoms with Gasteiger partial charge < -0.3 is 11.5 Å². The number of aryl methyl sites for hydroxylation is 1. The van der Waals surface area contributed by atoms with Crippen molar-refractivity contribution in [3.8, 4) is 0 Å². The Hall–Kier alpha value is -0.930. The van der Waals surface area contributed by atoms with Crippen molar-refractivity contribution >= 4 is 0 Å². The second kappa shape index (κ2) is 4.35. The first-order valence-corrected chi connectivity index (χ1v) is 4.43. The van der Waals surface area contributed by atoms with Crippen molar-refractivity contribution in [3.63, 3.8) is 0 Å². The van der Waals surface area contributed by atoms with Crippen LogP contribution in [0.25, 0.3) is 0 Å². The Morgan fingerprint density at radius 3 is 2.69 bits per heavy atom. The van der Waals surface area contributed by atoms with Crippen molar-refractivity contribution in [1.29, 1.82) is 0 Å². The van der Waals surface area contributed by atoms with E-state index in [-0.39, 0.29) is 11.9 Å². The van der Waals surface area contributed by atoms with E-state index in [0.717, 1.165) is 17.5 Å². The molecule has 0 fully saturated rings. The predicted octanol–water partition coefficient (Wildman–Crippen LogP) is 1.35. The Labute approximate surface area is 77.7 Å². The molecule has 0 spiro atoms. The van der Waals surface area contributed by atoms with Crippen molar-refractivity contribution < 1.29 is 4.39 Å². The molecule has 0 amide bonds. The van der Waals surface area contributed by atoms with Crippen LogP contribution in [0.15, 0.2) is 18.2 Å². The Morgan fingerprint density at radius 1 is 1.46 bits per heavy atom. The molecule has 0 saturated heterocycles. The van der Waals surface area contributed by atoms with Crippen LogP contribution in [0.3, 0.4) is 0 Å². The van der Waals surface area contributed by atoms with Crippen molar-refractivity contribution in [3.05, 3.63) is 35.1 Å².